The van der Waals surface area contributed by atoms with Crippen LogP contribution in [0.1, 0.15) is 49.8 Å². The topological polar surface area (TPSA) is 76.6 Å². The van der Waals surface area contributed by atoms with Crippen molar-refractivity contribution in [2.45, 2.75) is 56.6 Å². The van der Waals surface area contributed by atoms with E-state index in [1.165, 1.54) is 12.8 Å². The third kappa shape index (κ3) is 3.55. The second-order valence-corrected chi connectivity index (χ2v) is 8.59. The fraction of sp³-hybridized carbons (Fsp3) is 0.750. The van der Waals surface area contributed by atoms with E-state index in [1.807, 2.05) is 11.1 Å². The van der Waals surface area contributed by atoms with Crippen molar-refractivity contribution in [2.75, 3.05) is 38.2 Å². The minimum absolute atomic E-state index is 0.178. The van der Waals surface area contributed by atoms with Crippen molar-refractivity contribution in [3.63, 3.8) is 0 Å². The van der Waals surface area contributed by atoms with Crippen LogP contribution >= 0.6 is 0 Å². The molecule has 0 radical (unpaired) electrons. The molecule has 4 aliphatic rings. The van der Waals surface area contributed by atoms with Crippen molar-refractivity contribution < 1.29 is 14.3 Å². The Balaban J connectivity index is 1.28. The molecule has 4 heterocycles. The van der Waals surface area contributed by atoms with E-state index in [0.29, 0.717) is 38.1 Å². The maximum absolute atomic E-state index is 12.8. The monoisotopic (exact) mass is 372 g/mol. The number of hydrogen-bond donors (Lipinski definition) is 1. The van der Waals surface area contributed by atoms with Crippen LogP contribution in [-0.2, 0) is 26.3 Å². The molecule has 1 N–H and O–H groups in total. The molecule has 1 spiro atoms. The predicted octanol–water partition coefficient (Wildman–Crippen LogP) is 1.87. The van der Waals surface area contributed by atoms with Gasteiger partial charge in [0.1, 0.15) is 0 Å². The first-order valence-corrected chi connectivity index (χ1v) is 10.3. The van der Waals surface area contributed by atoms with Crippen LogP contribution in [0.4, 0.5) is 5.95 Å². The summed E-state index contributed by atoms with van der Waals surface area (Å²) in [5.74, 6) is 1.54. The molecule has 1 aliphatic carbocycles. The van der Waals surface area contributed by atoms with Crippen LogP contribution in [0, 0.1) is 5.92 Å². The normalized spacial score (nSPS) is 29.9. The molecule has 0 unspecified atom stereocenters. The number of rotatable bonds is 5. The number of likely N-dealkylation sites (tertiary alicyclic amines) is 1. The number of fused-ring (bicyclic) bond motifs is 2. The first-order valence-electron chi connectivity index (χ1n) is 10.3. The van der Waals surface area contributed by atoms with E-state index in [0.717, 1.165) is 56.2 Å². The molecule has 7 nitrogen and oxygen atoms in total. The minimum atomic E-state index is -0.178. The Morgan fingerprint density at radius 2 is 2.26 bits per heavy atom. The van der Waals surface area contributed by atoms with Gasteiger partial charge in [0.05, 0.1) is 24.3 Å². The van der Waals surface area contributed by atoms with E-state index in [2.05, 4.69) is 10.3 Å². The number of carbonyl (C=O) groups excluding carboxylic acids is 1. The van der Waals surface area contributed by atoms with Gasteiger partial charge in [-0.15, -0.1) is 0 Å². The molecule has 7 heteroatoms. The fourth-order valence-corrected chi connectivity index (χ4v) is 4.57. The molecule has 27 heavy (non-hydrogen) atoms. The zero-order valence-corrected chi connectivity index (χ0v) is 15.8. The quantitative estimate of drug-likeness (QED) is 0.850. The molecule has 2 saturated heterocycles. The number of anilines is 1. The van der Waals surface area contributed by atoms with E-state index in [1.54, 1.807) is 0 Å². The maximum Gasteiger partial charge on any atom is 0.223 e. The van der Waals surface area contributed by atoms with Crippen molar-refractivity contribution in [1.82, 2.24) is 14.9 Å². The van der Waals surface area contributed by atoms with Crippen molar-refractivity contribution in [2.24, 2.45) is 5.92 Å². The van der Waals surface area contributed by atoms with Gasteiger partial charge in [-0.3, -0.25) is 4.79 Å². The fourth-order valence-electron chi connectivity index (χ4n) is 4.57. The number of nitrogens with one attached hydrogen (secondary N) is 1. The van der Waals surface area contributed by atoms with Gasteiger partial charge in [-0.05, 0) is 38.0 Å². The average molecular weight is 372 g/mol. The molecule has 3 fully saturated rings. The van der Waals surface area contributed by atoms with Crippen LogP contribution in [0.3, 0.4) is 0 Å². The maximum atomic E-state index is 12.8. The summed E-state index contributed by atoms with van der Waals surface area (Å²) in [5, 5.41) is 3.40. The lowest BCUT2D eigenvalue weighted by Crippen LogP contribution is -2.41. The molecule has 146 valence electrons. The molecule has 1 amide bonds. The third-order valence-corrected chi connectivity index (χ3v) is 6.41. The van der Waals surface area contributed by atoms with E-state index >= 15 is 0 Å². The summed E-state index contributed by atoms with van der Waals surface area (Å²) in [6, 6.07) is 0.528. The number of nitrogens with zero attached hydrogens (tertiary/aromatic N) is 3. The molecule has 3 aliphatic heterocycles. The molecule has 1 aromatic heterocycles. The number of amides is 1. The molecule has 1 saturated carbocycles. The summed E-state index contributed by atoms with van der Waals surface area (Å²) in [5.41, 5.74) is 1.98. The predicted molar refractivity (Wildman–Crippen MR) is 99.4 cm³/mol. The second kappa shape index (κ2) is 7.02. The Hall–Kier alpha value is -1.73. The van der Waals surface area contributed by atoms with Gasteiger partial charge in [0.15, 0.2) is 0 Å². The summed E-state index contributed by atoms with van der Waals surface area (Å²) in [6.07, 6.45) is 7.86. The molecular formula is C20H28N4O3. The van der Waals surface area contributed by atoms with Gasteiger partial charge >= 0.3 is 0 Å². The van der Waals surface area contributed by atoms with Crippen LogP contribution in [0.15, 0.2) is 6.20 Å². The molecule has 5 rings (SSSR count). The first-order chi connectivity index (χ1) is 13.2. The van der Waals surface area contributed by atoms with Gasteiger partial charge in [0.2, 0.25) is 11.9 Å². The van der Waals surface area contributed by atoms with Gasteiger partial charge in [0.25, 0.3) is 0 Å². The Labute approximate surface area is 159 Å². The van der Waals surface area contributed by atoms with E-state index in [4.69, 9.17) is 14.5 Å². The Morgan fingerprint density at radius 1 is 1.33 bits per heavy atom. The number of ether oxygens (including phenoxy) is 2. The second-order valence-electron chi connectivity index (χ2n) is 8.59. The lowest BCUT2D eigenvalue weighted by molar-refractivity contribution is -0.130. The third-order valence-electron chi connectivity index (χ3n) is 6.41. The van der Waals surface area contributed by atoms with E-state index < -0.39 is 0 Å². The van der Waals surface area contributed by atoms with Gasteiger partial charge in [-0.25, -0.2) is 9.97 Å². The molecule has 0 aromatic carbocycles. The standard InChI is InChI=1S/C20H28N4O3/c25-17(4-1-14-5-8-26-10-14)24-7-6-20(12-24)13-27-11-15-9-21-19(23-18(15)20)22-16-2-3-16/h9,14,16H,1-8,10-13H2,(H,21,22,23)/t14-,20-/m0/s1. The lowest BCUT2D eigenvalue weighted by atomic mass is 9.80. The van der Waals surface area contributed by atoms with Crippen molar-refractivity contribution in [3.05, 3.63) is 17.5 Å². The summed E-state index contributed by atoms with van der Waals surface area (Å²) in [4.78, 5) is 24.1. The number of hydrogen-bond acceptors (Lipinski definition) is 6. The Bertz CT molecular complexity index is 717. The molecule has 0 bridgehead atoms. The highest BCUT2D eigenvalue weighted by Crippen LogP contribution is 2.40. The SMILES string of the molecule is O=C(CC[C@H]1CCOC1)N1CC[C@@]2(COCc3cnc(NC4CC4)nc32)C1. The summed E-state index contributed by atoms with van der Waals surface area (Å²) < 4.78 is 11.3. The Kier molecular flexibility index (Phi) is 4.52. The largest absolute Gasteiger partial charge is 0.381 e. The highest BCUT2D eigenvalue weighted by Gasteiger charge is 2.46. The van der Waals surface area contributed by atoms with Crippen LogP contribution in [0.25, 0.3) is 0 Å². The van der Waals surface area contributed by atoms with Crippen LogP contribution in [0.5, 0.6) is 0 Å². The van der Waals surface area contributed by atoms with Crippen LogP contribution < -0.4 is 5.32 Å². The summed E-state index contributed by atoms with van der Waals surface area (Å²) in [7, 11) is 0. The van der Waals surface area contributed by atoms with Crippen LogP contribution in [-0.4, -0.2) is 59.7 Å². The van der Waals surface area contributed by atoms with Gasteiger partial charge in [-0.2, -0.15) is 0 Å². The van der Waals surface area contributed by atoms with Crippen LogP contribution in [0.2, 0.25) is 0 Å². The van der Waals surface area contributed by atoms with E-state index in [9.17, 15) is 4.79 Å². The first kappa shape index (κ1) is 17.4. The van der Waals surface area contributed by atoms with Gasteiger partial charge in [-0.1, -0.05) is 0 Å². The zero-order chi connectivity index (χ0) is 18.3. The van der Waals surface area contributed by atoms with E-state index in [-0.39, 0.29) is 11.3 Å². The molecular weight excluding hydrogens is 344 g/mol. The molecule has 2 atom stereocenters. The minimum Gasteiger partial charge on any atom is -0.381 e. The number of aromatic nitrogens is 2. The van der Waals surface area contributed by atoms with Crippen molar-refractivity contribution >= 4 is 11.9 Å². The smallest absolute Gasteiger partial charge is 0.223 e. The average Bonchev–Trinajstić information content (AvgIpc) is 3.18. The molecule has 1 aromatic rings. The van der Waals surface area contributed by atoms with Crippen molar-refractivity contribution in [3.8, 4) is 0 Å². The van der Waals surface area contributed by atoms with Gasteiger partial charge < -0.3 is 19.7 Å². The lowest BCUT2D eigenvalue weighted by Gasteiger charge is -2.34. The van der Waals surface area contributed by atoms with Crippen molar-refractivity contribution in [1.29, 1.82) is 0 Å². The summed E-state index contributed by atoms with van der Waals surface area (Å²) in [6.45, 7) is 4.36. The summed E-state index contributed by atoms with van der Waals surface area (Å²) >= 11 is 0. The number of carbonyl (C=O) groups is 1. The Morgan fingerprint density at radius 3 is 3.07 bits per heavy atom. The highest BCUT2D eigenvalue weighted by molar-refractivity contribution is 5.76. The zero-order valence-electron chi connectivity index (χ0n) is 15.8. The highest BCUT2D eigenvalue weighted by atomic mass is 16.5. The van der Waals surface area contributed by atoms with Gasteiger partial charge in [0, 0.05) is 50.5 Å².